The molecule has 2 rings (SSSR count). The summed E-state index contributed by atoms with van der Waals surface area (Å²) in [5.41, 5.74) is 2.79. The number of carbonyl (C=O) groups excluding carboxylic acids is 1. The Hall–Kier alpha value is -3.06. The second-order valence-electron chi connectivity index (χ2n) is 6.38. The van der Waals surface area contributed by atoms with Crippen LogP contribution in [0.25, 0.3) is 0 Å². The number of amides is 1. The molecule has 4 heteroatoms. The normalized spacial score (nSPS) is 10.2. The third-order valence-corrected chi connectivity index (χ3v) is 4.07. The van der Waals surface area contributed by atoms with Gasteiger partial charge in [0.1, 0.15) is 5.75 Å². The van der Waals surface area contributed by atoms with Crippen molar-refractivity contribution in [2.24, 2.45) is 0 Å². The van der Waals surface area contributed by atoms with Crippen LogP contribution in [0.3, 0.4) is 0 Å². The maximum Gasteiger partial charge on any atom is 0.261 e. The summed E-state index contributed by atoms with van der Waals surface area (Å²) in [5, 5.41) is 8.86. The summed E-state index contributed by atoms with van der Waals surface area (Å²) >= 11 is 0. The van der Waals surface area contributed by atoms with E-state index in [0.29, 0.717) is 30.3 Å². The number of nitriles is 1. The van der Waals surface area contributed by atoms with Crippen LogP contribution in [0.15, 0.2) is 61.2 Å². The molecule has 26 heavy (non-hydrogen) atoms. The molecule has 134 valence electrons. The lowest BCUT2D eigenvalue weighted by Crippen LogP contribution is -2.34. The summed E-state index contributed by atoms with van der Waals surface area (Å²) in [6, 6.07) is 17.1. The highest BCUT2D eigenvalue weighted by atomic mass is 16.5. The summed E-state index contributed by atoms with van der Waals surface area (Å²) in [5.74, 6) is 1.03. The largest absolute Gasteiger partial charge is 0.484 e. The average Bonchev–Trinajstić information content (AvgIpc) is 2.66. The Morgan fingerprint density at radius 2 is 1.85 bits per heavy atom. The van der Waals surface area contributed by atoms with Gasteiger partial charge in [0.25, 0.3) is 5.91 Å². The van der Waals surface area contributed by atoms with E-state index in [-0.39, 0.29) is 12.5 Å². The highest BCUT2D eigenvalue weighted by Gasteiger charge is 2.14. The van der Waals surface area contributed by atoms with Gasteiger partial charge in [-0.15, -0.1) is 6.58 Å². The van der Waals surface area contributed by atoms with Crippen LogP contribution in [0, 0.1) is 11.3 Å². The Morgan fingerprint density at radius 1 is 1.19 bits per heavy atom. The van der Waals surface area contributed by atoms with Crippen LogP contribution in [0.2, 0.25) is 0 Å². The number of nitrogens with zero attached hydrogens (tertiary/aromatic N) is 2. The fraction of sp³-hybridized carbons (Fsp3) is 0.273. The van der Waals surface area contributed by atoms with Crippen molar-refractivity contribution in [1.29, 1.82) is 5.26 Å². The molecular weight excluding hydrogens is 324 g/mol. The maximum absolute atomic E-state index is 12.5. The van der Waals surface area contributed by atoms with Gasteiger partial charge in [-0.2, -0.15) is 5.26 Å². The van der Waals surface area contributed by atoms with Crippen molar-refractivity contribution in [1.82, 2.24) is 4.90 Å². The van der Waals surface area contributed by atoms with E-state index in [1.54, 1.807) is 23.1 Å². The van der Waals surface area contributed by atoms with Gasteiger partial charge in [-0.25, -0.2) is 0 Å². The van der Waals surface area contributed by atoms with Crippen LogP contribution in [0.1, 0.15) is 36.5 Å². The fourth-order valence-corrected chi connectivity index (χ4v) is 2.50. The Morgan fingerprint density at radius 3 is 2.38 bits per heavy atom. The summed E-state index contributed by atoms with van der Waals surface area (Å²) in [6.45, 7) is 8.85. The molecule has 0 heterocycles. The van der Waals surface area contributed by atoms with Crippen molar-refractivity contribution >= 4 is 5.91 Å². The van der Waals surface area contributed by atoms with Crippen LogP contribution in [0.5, 0.6) is 5.75 Å². The van der Waals surface area contributed by atoms with Crippen molar-refractivity contribution in [2.45, 2.75) is 26.3 Å². The van der Waals surface area contributed by atoms with Crippen LogP contribution in [-0.4, -0.2) is 24.0 Å². The van der Waals surface area contributed by atoms with Crippen LogP contribution < -0.4 is 4.74 Å². The molecule has 2 aromatic carbocycles. The van der Waals surface area contributed by atoms with Crippen LogP contribution in [-0.2, 0) is 11.3 Å². The van der Waals surface area contributed by atoms with Crippen LogP contribution >= 0.6 is 0 Å². The predicted octanol–water partition coefficient (Wildman–Crippen LogP) is 4.28. The molecule has 0 aliphatic rings. The molecule has 4 nitrogen and oxygen atoms in total. The number of benzene rings is 2. The van der Waals surface area contributed by atoms with Crippen molar-refractivity contribution in [3.05, 3.63) is 77.9 Å². The SMILES string of the molecule is C=CCN(Cc1ccc(C#N)cc1)C(=O)COc1ccc(C(C)C)cc1. The van der Waals surface area contributed by atoms with Crippen molar-refractivity contribution < 1.29 is 9.53 Å². The minimum absolute atomic E-state index is 0.0227. The lowest BCUT2D eigenvalue weighted by molar-refractivity contribution is -0.133. The average molecular weight is 348 g/mol. The van der Waals surface area contributed by atoms with E-state index in [2.05, 4.69) is 26.5 Å². The number of rotatable bonds is 8. The maximum atomic E-state index is 12.5. The summed E-state index contributed by atoms with van der Waals surface area (Å²) in [6.07, 6.45) is 1.69. The van der Waals surface area contributed by atoms with E-state index in [9.17, 15) is 4.79 Å². The Balaban J connectivity index is 1.96. The lowest BCUT2D eigenvalue weighted by Gasteiger charge is -2.21. The molecule has 0 saturated carbocycles. The Labute approximate surface area is 155 Å². The molecule has 0 unspecified atom stereocenters. The second kappa shape index (κ2) is 9.43. The standard InChI is InChI=1S/C22H24N2O2/c1-4-13-24(15-19-7-5-18(14-23)6-8-19)22(25)16-26-21-11-9-20(10-12-21)17(2)3/h4-12,17H,1,13,15-16H2,2-3H3. The van der Waals surface area contributed by atoms with E-state index in [4.69, 9.17) is 10.00 Å². The minimum Gasteiger partial charge on any atom is -0.484 e. The third kappa shape index (κ3) is 5.49. The Kier molecular flexibility index (Phi) is 6.99. The first-order valence-electron chi connectivity index (χ1n) is 8.64. The fourth-order valence-electron chi connectivity index (χ4n) is 2.50. The molecule has 0 spiro atoms. The zero-order valence-corrected chi connectivity index (χ0v) is 15.3. The summed E-state index contributed by atoms with van der Waals surface area (Å²) < 4.78 is 5.64. The highest BCUT2D eigenvalue weighted by molar-refractivity contribution is 5.78. The van der Waals surface area contributed by atoms with Gasteiger partial charge < -0.3 is 9.64 Å². The zero-order valence-electron chi connectivity index (χ0n) is 15.3. The van der Waals surface area contributed by atoms with E-state index in [0.717, 1.165) is 5.56 Å². The molecule has 0 bridgehead atoms. The topological polar surface area (TPSA) is 53.3 Å². The molecule has 0 aliphatic carbocycles. The first-order valence-corrected chi connectivity index (χ1v) is 8.64. The number of hydrogen-bond donors (Lipinski definition) is 0. The first kappa shape index (κ1) is 19.3. The molecule has 0 N–H and O–H groups in total. The number of carbonyl (C=O) groups is 1. The third-order valence-electron chi connectivity index (χ3n) is 4.07. The van der Waals surface area contributed by atoms with E-state index >= 15 is 0 Å². The number of ether oxygens (including phenoxy) is 1. The summed E-state index contributed by atoms with van der Waals surface area (Å²) in [7, 11) is 0. The molecule has 0 aliphatic heterocycles. The van der Waals surface area contributed by atoms with Crippen LogP contribution in [0.4, 0.5) is 0 Å². The van der Waals surface area contributed by atoms with E-state index in [1.807, 2.05) is 36.4 Å². The van der Waals surface area contributed by atoms with E-state index in [1.165, 1.54) is 5.56 Å². The van der Waals surface area contributed by atoms with Gasteiger partial charge in [0.2, 0.25) is 0 Å². The molecule has 0 aromatic heterocycles. The van der Waals surface area contributed by atoms with Crippen molar-refractivity contribution in [2.75, 3.05) is 13.2 Å². The molecule has 0 fully saturated rings. The second-order valence-corrected chi connectivity index (χ2v) is 6.38. The van der Waals surface area contributed by atoms with Gasteiger partial charge in [-0.3, -0.25) is 4.79 Å². The molecular formula is C22H24N2O2. The molecule has 0 saturated heterocycles. The number of hydrogen-bond acceptors (Lipinski definition) is 3. The quantitative estimate of drug-likeness (QED) is 0.669. The predicted molar refractivity (Wildman–Crippen MR) is 103 cm³/mol. The minimum atomic E-state index is -0.109. The molecule has 1 amide bonds. The summed E-state index contributed by atoms with van der Waals surface area (Å²) in [4.78, 5) is 14.2. The smallest absolute Gasteiger partial charge is 0.261 e. The van der Waals surface area contributed by atoms with Gasteiger partial charge in [-0.05, 0) is 41.3 Å². The van der Waals surface area contributed by atoms with E-state index < -0.39 is 0 Å². The van der Waals surface area contributed by atoms with Gasteiger partial charge in [0.15, 0.2) is 6.61 Å². The molecule has 0 atom stereocenters. The van der Waals surface area contributed by atoms with Gasteiger partial charge >= 0.3 is 0 Å². The Bertz CT molecular complexity index is 771. The monoisotopic (exact) mass is 348 g/mol. The van der Waals surface area contributed by atoms with Crippen molar-refractivity contribution in [3.63, 3.8) is 0 Å². The highest BCUT2D eigenvalue weighted by Crippen LogP contribution is 2.18. The first-order chi connectivity index (χ1) is 12.5. The zero-order chi connectivity index (χ0) is 18.9. The lowest BCUT2D eigenvalue weighted by atomic mass is 10.0. The molecule has 0 radical (unpaired) electrons. The molecule has 2 aromatic rings. The van der Waals surface area contributed by atoms with Gasteiger partial charge in [0.05, 0.1) is 11.6 Å². The van der Waals surface area contributed by atoms with Gasteiger partial charge in [0, 0.05) is 13.1 Å². The van der Waals surface area contributed by atoms with Gasteiger partial charge in [-0.1, -0.05) is 44.2 Å². The van der Waals surface area contributed by atoms with Crippen molar-refractivity contribution in [3.8, 4) is 11.8 Å².